The first-order chi connectivity index (χ1) is 13.2. The quantitative estimate of drug-likeness (QED) is 0.556. The predicted octanol–water partition coefficient (Wildman–Crippen LogP) is 5.20. The highest BCUT2D eigenvalue weighted by atomic mass is 32.1. The molecular weight excluding hydrogens is 352 g/mol. The minimum atomic E-state index is 0.607. The number of thiocarbonyl (C=S) groups is 1. The van der Waals surface area contributed by atoms with Crippen LogP contribution in [0.3, 0.4) is 0 Å². The van der Waals surface area contributed by atoms with Gasteiger partial charge in [-0.1, -0.05) is 66.7 Å². The first kappa shape index (κ1) is 19.1. The Kier molecular flexibility index (Phi) is 6.97. The number of hydrogen-bond donors (Lipinski definition) is 2. The zero-order valence-electron chi connectivity index (χ0n) is 15.4. The molecule has 0 radical (unpaired) electrons. The molecule has 0 atom stereocenters. The summed E-state index contributed by atoms with van der Waals surface area (Å²) in [4.78, 5) is 0. The number of nitrogens with one attached hydrogen (secondary N) is 2. The SMILES string of the molecule is Cc1cccc(NC(=S)NCc2ccc(COCc3ccccc3)cc2)c1. The summed E-state index contributed by atoms with van der Waals surface area (Å²) in [7, 11) is 0. The molecule has 0 heterocycles. The van der Waals surface area contributed by atoms with Crippen LogP contribution in [0.1, 0.15) is 22.3 Å². The maximum atomic E-state index is 5.77. The lowest BCUT2D eigenvalue weighted by molar-refractivity contribution is 0.107. The van der Waals surface area contributed by atoms with E-state index in [4.69, 9.17) is 17.0 Å². The Hall–Kier alpha value is -2.69. The molecule has 0 bridgehead atoms. The van der Waals surface area contributed by atoms with Crippen molar-refractivity contribution in [1.29, 1.82) is 0 Å². The number of anilines is 1. The zero-order valence-corrected chi connectivity index (χ0v) is 16.3. The summed E-state index contributed by atoms with van der Waals surface area (Å²) in [5.74, 6) is 0. The molecule has 27 heavy (non-hydrogen) atoms. The second-order valence-corrected chi connectivity index (χ2v) is 6.88. The van der Waals surface area contributed by atoms with Crippen LogP contribution < -0.4 is 10.6 Å². The summed E-state index contributed by atoms with van der Waals surface area (Å²) < 4.78 is 5.77. The third-order valence-corrected chi connectivity index (χ3v) is 4.38. The summed E-state index contributed by atoms with van der Waals surface area (Å²) in [5.41, 5.74) is 5.73. The molecule has 0 aliphatic heterocycles. The Balaban J connectivity index is 1.41. The van der Waals surface area contributed by atoms with Crippen molar-refractivity contribution in [3.8, 4) is 0 Å². The average Bonchev–Trinajstić information content (AvgIpc) is 2.68. The summed E-state index contributed by atoms with van der Waals surface area (Å²) in [6.07, 6.45) is 0. The molecule has 0 fully saturated rings. The average molecular weight is 377 g/mol. The molecule has 0 aliphatic carbocycles. The van der Waals surface area contributed by atoms with Gasteiger partial charge in [0.2, 0.25) is 0 Å². The van der Waals surface area contributed by atoms with E-state index >= 15 is 0 Å². The summed E-state index contributed by atoms with van der Waals surface area (Å²) in [5, 5.41) is 7.07. The molecule has 4 heteroatoms. The van der Waals surface area contributed by atoms with Crippen LogP contribution in [0.15, 0.2) is 78.9 Å². The molecule has 3 rings (SSSR count). The van der Waals surface area contributed by atoms with Gasteiger partial charge in [0.1, 0.15) is 0 Å². The molecule has 0 spiro atoms. The number of hydrogen-bond acceptors (Lipinski definition) is 2. The van der Waals surface area contributed by atoms with Gasteiger partial charge in [-0.05, 0) is 53.5 Å². The molecule has 0 aliphatic rings. The Morgan fingerprint density at radius 2 is 1.48 bits per heavy atom. The van der Waals surface area contributed by atoms with Crippen molar-refractivity contribution in [2.24, 2.45) is 0 Å². The molecule has 0 saturated heterocycles. The van der Waals surface area contributed by atoms with Crippen LogP contribution >= 0.6 is 12.2 Å². The lowest BCUT2D eigenvalue weighted by atomic mass is 10.1. The Morgan fingerprint density at radius 3 is 2.19 bits per heavy atom. The molecule has 0 unspecified atom stereocenters. The first-order valence-electron chi connectivity index (χ1n) is 9.00. The lowest BCUT2D eigenvalue weighted by Gasteiger charge is -2.11. The van der Waals surface area contributed by atoms with Crippen molar-refractivity contribution < 1.29 is 4.74 Å². The van der Waals surface area contributed by atoms with Gasteiger partial charge in [-0.3, -0.25) is 0 Å². The standard InChI is InChI=1S/C23H24N2OS/c1-18-6-5-9-22(14-18)25-23(27)24-15-19-10-12-21(13-11-19)17-26-16-20-7-3-2-4-8-20/h2-14H,15-17H2,1H3,(H2,24,25,27). The largest absolute Gasteiger partial charge is 0.372 e. The van der Waals surface area contributed by atoms with Gasteiger partial charge in [0, 0.05) is 12.2 Å². The van der Waals surface area contributed by atoms with Crippen molar-refractivity contribution in [3.05, 3.63) is 101 Å². The minimum absolute atomic E-state index is 0.607. The first-order valence-corrected chi connectivity index (χ1v) is 9.41. The highest BCUT2D eigenvalue weighted by Crippen LogP contribution is 2.10. The topological polar surface area (TPSA) is 33.3 Å². The van der Waals surface area contributed by atoms with Gasteiger partial charge in [-0.2, -0.15) is 0 Å². The van der Waals surface area contributed by atoms with Crippen molar-refractivity contribution in [2.45, 2.75) is 26.7 Å². The maximum Gasteiger partial charge on any atom is 0.171 e. The van der Waals surface area contributed by atoms with E-state index in [1.165, 1.54) is 16.7 Å². The van der Waals surface area contributed by atoms with Crippen LogP contribution in [-0.4, -0.2) is 5.11 Å². The molecule has 0 aromatic heterocycles. The van der Waals surface area contributed by atoms with Gasteiger partial charge in [-0.25, -0.2) is 0 Å². The zero-order chi connectivity index (χ0) is 18.9. The van der Waals surface area contributed by atoms with Crippen molar-refractivity contribution in [3.63, 3.8) is 0 Å². The van der Waals surface area contributed by atoms with Crippen LogP contribution in [0.2, 0.25) is 0 Å². The molecule has 0 amide bonds. The minimum Gasteiger partial charge on any atom is -0.372 e. The van der Waals surface area contributed by atoms with Crippen LogP contribution in [0.5, 0.6) is 0 Å². The van der Waals surface area contributed by atoms with Crippen LogP contribution in [0.4, 0.5) is 5.69 Å². The van der Waals surface area contributed by atoms with Crippen LogP contribution in [0.25, 0.3) is 0 Å². The fourth-order valence-electron chi connectivity index (χ4n) is 2.69. The second kappa shape index (κ2) is 9.86. The molecule has 3 nitrogen and oxygen atoms in total. The predicted molar refractivity (Wildman–Crippen MR) is 116 cm³/mol. The number of rotatable bonds is 7. The Bertz CT molecular complexity index is 863. The molecule has 3 aromatic rings. The fourth-order valence-corrected chi connectivity index (χ4v) is 2.88. The molecule has 2 N–H and O–H groups in total. The second-order valence-electron chi connectivity index (χ2n) is 6.47. The molecule has 3 aromatic carbocycles. The summed E-state index contributed by atoms with van der Waals surface area (Å²) >= 11 is 5.37. The fraction of sp³-hybridized carbons (Fsp3) is 0.174. The van der Waals surface area contributed by atoms with E-state index in [0.29, 0.717) is 24.9 Å². The number of benzene rings is 3. The van der Waals surface area contributed by atoms with E-state index in [1.807, 2.05) is 30.3 Å². The number of ether oxygens (including phenoxy) is 1. The Labute approximate surface area is 166 Å². The van der Waals surface area contributed by atoms with Crippen LogP contribution in [-0.2, 0) is 24.5 Å². The van der Waals surface area contributed by atoms with Gasteiger partial charge in [0.15, 0.2) is 5.11 Å². The van der Waals surface area contributed by atoms with Gasteiger partial charge >= 0.3 is 0 Å². The van der Waals surface area contributed by atoms with Crippen molar-refractivity contribution in [1.82, 2.24) is 5.32 Å². The normalized spacial score (nSPS) is 10.4. The number of aryl methyl sites for hydroxylation is 1. The third-order valence-electron chi connectivity index (χ3n) is 4.13. The van der Waals surface area contributed by atoms with E-state index in [0.717, 1.165) is 11.3 Å². The summed E-state index contributed by atoms with van der Waals surface area (Å²) in [6, 6.07) is 26.8. The monoisotopic (exact) mass is 376 g/mol. The van der Waals surface area contributed by atoms with Gasteiger partial charge in [0.05, 0.1) is 13.2 Å². The molecule has 0 saturated carbocycles. The molecule has 138 valence electrons. The van der Waals surface area contributed by atoms with Crippen LogP contribution in [0, 0.1) is 6.92 Å². The van der Waals surface area contributed by atoms with Gasteiger partial charge in [0.25, 0.3) is 0 Å². The third kappa shape index (κ3) is 6.51. The maximum absolute atomic E-state index is 5.77. The lowest BCUT2D eigenvalue weighted by Crippen LogP contribution is -2.27. The van der Waals surface area contributed by atoms with Crippen molar-refractivity contribution >= 4 is 23.0 Å². The molecular formula is C23H24N2OS. The van der Waals surface area contributed by atoms with E-state index in [2.05, 4.69) is 66.1 Å². The van der Waals surface area contributed by atoms with Crippen molar-refractivity contribution in [2.75, 3.05) is 5.32 Å². The van der Waals surface area contributed by atoms with Gasteiger partial charge in [-0.15, -0.1) is 0 Å². The Morgan fingerprint density at radius 1 is 0.815 bits per heavy atom. The van der Waals surface area contributed by atoms with E-state index in [-0.39, 0.29) is 0 Å². The van der Waals surface area contributed by atoms with Gasteiger partial charge < -0.3 is 15.4 Å². The highest BCUT2D eigenvalue weighted by Gasteiger charge is 2.00. The van der Waals surface area contributed by atoms with E-state index in [1.54, 1.807) is 0 Å². The summed E-state index contributed by atoms with van der Waals surface area (Å²) in [6.45, 7) is 3.98. The smallest absolute Gasteiger partial charge is 0.171 e. The van der Waals surface area contributed by atoms with E-state index < -0.39 is 0 Å². The highest BCUT2D eigenvalue weighted by molar-refractivity contribution is 7.80. The van der Waals surface area contributed by atoms with E-state index in [9.17, 15) is 0 Å².